The predicted octanol–water partition coefficient (Wildman–Crippen LogP) is 4.58. The summed E-state index contributed by atoms with van der Waals surface area (Å²) in [5.74, 6) is 1.16. The molecule has 1 fully saturated rings. The van der Waals surface area contributed by atoms with E-state index in [0.29, 0.717) is 0 Å². The molecule has 1 aliphatic rings. The Balaban J connectivity index is 0.000000203. The number of aromatic hydroxyl groups is 1. The van der Waals surface area contributed by atoms with Crippen molar-refractivity contribution < 1.29 is 14.6 Å². The van der Waals surface area contributed by atoms with Crippen molar-refractivity contribution in [1.82, 2.24) is 5.32 Å². The molecule has 1 heterocycles. The summed E-state index contributed by atoms with van der Waals surface area (Å²) in [6, 6.07) is 13.2. The van der Waals surface area contributed by atoms with Crippen molar-refractivity contribution in [3.63, 3.8) is 0 Å². The number of amides is 1. The Kier molecular flexibility index (Phi) is 8.18. The maximum Gasteiger partial charge on any atom is 0.217 e. The van der Waals surface area contributed by atoms with Gasteiger partial charge >= 0.3 is 0 Å². The van der Waals surface area contributed by atoms with Crippen LogP contribution in [0, 0.1) is 6.92 Å². The van der Waals surface area contributed by atoms with Crippen LogP contribution >= 0.6 is 0 Å². The molecule has 2 aromatic carbocycles. The normalized spacial score (nSPS) is 14.1. The van der Waals surface area contributed by atoms with Crippen LogP contribution in [0.15, 0.2) is 42.5 Å². The molecule has 1 atom stereocenters. The molecule has 0 saturated carbocycles. The van der Waals surface area contributed by atoms with Gasteiger partial charge in [0, 0.05) is 25.7 Å². The van der Waals surface area contributed by atoms with Crippen molar-refractivity contribution in [2.75, 3.05) is 24.6 Å². The maximum absolute atomic E-state index is 10.7. The average molecular weight is 385 g/mol. The van der Waals surface area contributed by atoms with Crippen molar-refractivity contribution in [3.8, 4) is 11.5 Å². The number of nitrogens with one attached hydrogen (secondary N) is 1. The van der Waals surface area contributed by atoms with E-state index in [1.165, 1.54) is 44.1 Å². The van der Waals surface area contributed by atoms with Gasteiger partial charge in [0.1, 0.15) is 11.5 Å². The molecule has 0 bridgehead atoms. The molecule has 2 aromatic rings. The molecule has 0 aromatic heterocycles. The summed E-state index contributed by atoms with van der Waals surface area (Å²) in [5, 5.41) is 11.8. The van der Waals surface area contributed by atoms with Crippen LogP contribution in [0.4, 0.5) is 5.69 Å². The summed E-state index contributed by atoms with van der Waals surface area (Å²) in [4.78, 5) is 13.2. The van der Waals surface area contributed by atoms with E-state index in [1.807, 2.05) is 13.8 Å². The second kappa shape index (κ2) is 10.6. The van der Waals surface area contributed by atoms with Gasteiger partial charge in [-0.05, 0) is 75.1 Å². The van der Waals surface area contributed by atoms with Gasteiger partial charge in [-0.1, -0.05) is 12.1 Å². The van der Waals surface area contributed by atoms with Crippen LogP contribution in [0.1, 0.15) is 50.8 Å². The third-order valence-corrected chi connectivity index (χ3v) is 4.74. The molecule has 5 nitrogen and oxygen atoms in total. The number of carbonyl (C=O) groups is 1. The molecular formula is C23H32N2O3. The highest BCUT2D eigenvalue weighted by molar-refractivity contribution is 5.73. The minimum atomic E-state index is -0.0550. The first kappa shape index (κ1) is 21.6. The number of phenolic OH excluding ortho intramolecular Hbond substituents is 1. The number of benzene rings is 2. The smallest absolute Gasteiger partial charge is 0.217 e. The van der Waals surface area contributed by atoms with Gasteiger partial charge in [-0.2, -0.15) is 0 Å². The van der Waals surface area contributed by atoms with E-state index in [0.717, 1.165) is 17.9 Å². The number of nitrogens with zero attached hydrogens (tertiary/aromatic N) is 1. The Bertz CT molecular complexity index is 753. The van der Waals surface area contributed by atoms with Crippen LogP contribution in [0.5, 0.6) is 11.5 Å². The molecule has 0 spiro atoms. The molecule has 0 aliphatic carbocycles. The summed E-state index contributed by atoms with van der Waals surface area (Å²) in [5.41, 5.74) is 3.67. The number of rotatable bonds is 5. The number of phenols is 1. The van der Waals surface area contributed by atoms with Gasteiger partial charge in [-0.25, -0.2) is 0 Å². The highest BCUT2D eigenvalue weighted by Gasteiger charge is 2.14. The SMILES string of the molecule is CC(=O)NC(C)c1ccc(O)cc1.CCOc1ccc(N2CCCC2)c(C)c1. The second-order valence-electron chi connectivity index (χ2n) is 7.09. The molecule has 28 heavy (non-hydrogen) atoms. The fourth-order valence-corrected chi connectivity index (χ4v) is 3.35. The number of aryl methyl sites for hydroxylation is 1. The maximum atomic E-state index is 10.7. The highest BCUT2D eigenvalue weighted by Crippen LogP contribution is 2.27. The topological polar surface area (TPSA) is 61.8 Å². The van der Waals surface area contributed by atoms with Gasteiger partial charge in [0.15, 0.2) is 0 Å². The van der Waals surface area contributed by atoms with E-state index in [1.54, 1.807) is 24.3 Å². The lowest BCUT2D eigenvalue weighted by Gasteiger charge is -2.20. The lowest BCUT2D eigenvalue weighted by molar-refractivity contribution is -0.119. The summed E-state index contributed by atoms with van der Waals surface area (Å²) in [7, 11) is 0. The van der Waals surface area contributed by atoms with E-state index < -0.39 is 0 Å². The Morgan fingerprint density at radius 1 is 1.18 bits per heavy atom. The Hall–Kier alpha value is -2.69. The van der Waals surface area contributed by atoms with Crippen LogP contribution in [0.2, 0.25) is 0 Å². The lowest BCUT2D eigenvalue weighted by Crippen LogP contribution is -2.23. The molecule has 1 amide bonds. The van der Waals surface area contributed by atoms with E-state index in [4.69, 9.17) is 9.84 Å². The number of hydrogen-bond donors (Lipinski definition) is 2. The van der Waals surface area contributed by atoms with Crippen molar-refractivity contribution in [3.05, 3.63) is 53.6 Å². The summed E-state index contributed by atoms with van der Waals surface area (Å²) in [6.45, 7) is 10.7. The van der Waals surface area contributed by atoms with Crippen LogP contribution in [0.25, 0.3) is 0 Å². The van der Waals surface area contributed by atoms with Gasteiger partial charge in [-0.15, -0.1) is 0 Å². The Morgan fingerprint density at radius 3 is 2.36 bits per heavy atom. The minimum absolute atomic E-state index is 0.0156. The van der Waals surface area contributed by atoms with Crippen molar-refractivity contribution in [1.29, 1.82) is 0 Å². The van der Waals surface area contributed by atoms with Crippen molar-refractivity contribution in [2.45, 2.75) is 46.6 Å². The minimum Gasteiger partial charge on any atom is -0.508 e. The first-order chi connectivity index (χ1) is 13.4. The number of anilines is 1. The van der Waals surface area contributed by atoms with E-state index >= 15 is 0 Å². The molecular weight excluding hydrogens is 352 g/mol. The zero-order valence-electron chi connectivity index (χ0n) is 17.4. The van der Waals surface area contributed by atoms with E-state index in [2.05, 4.69) is 35.3 Å². The van der Waals surface area contributed by atoms with Gasteiger partial charge in [0.05, 0.1) is 12.6 Å². The van der Waals surface area contributed by atoms with Crippen LogP contribution in [0.3, 0.4) is 0 Å². The molecule has 5 heteroatoms. The zero-order chi connectivity index (χ0) is 20.5. The molecule has 3 rings (SSSR count). The largest absolute Gasteiger partial charge is 0.508 e. The first-order valence-electron chi connectivity index (χ1n) is 9.95. The Morgan fingerprint density at radius 2 is 1.82 bits per heavy atom. The van der Waals surface area contributed by atoms with Crippen LogP contribution in [-0.2, 0) is 4.79 Å². The number of carbonyl (C=O) groups excluding carboxylic acids is 1. The summed E-state index contributed by atoms with van der Waals surface area (Å²) < 4.78 is 5.49. The van der Waals surface area contributed by atoms with E-state index in [9.17, 15) is 4.79 Å². The quantitative estimate of drug-likeness (QED) is 0.792. The van der Waals surface area contributed by atoms with Crippen molar-refractivity contribution in [2.24, 2.45) is 0 Å². The Labute approximate surface area is 168 Å². The summed E-state index contributed by atoms with van der Waals surface area (Å²) in [6.07, 6.45) is 2.65. The average Bonchev–Trinajstić information content (AvgIpc) is 3.17. The molecule has 1 unspecified atom stereocenters. The lowest BCUT2D eigenvalue weighted by atomic mass is 10.1. The second-order valence-corrected chi connectivity index (χ2v) is 7.09. The third kappa shape index (κ3) is 6.48. The molecule has 2 N–H and O–H groups in total. The molecule has 152 valence electrons. The van der Waals surface area contributed by atoms with Crippen LogP contribution < -0.4 is 15.0 Å². The number of ether oxygens (including phenoxy) is 1. The fraction of sp³-hybridized carbons (Fsp3) is 0.435. The first-order valence-corrected chi connectivity index (χ1v) is 9.95. The van der Waals surface area contributed by atoms with E-state index in [-0.39, 0.29) is 17.7 Å². The van der Waals surface area contributed by atoms with Gasteiger partial charge in [-0.3, -0.25) is 4.79 Å². The van der Waals surface area contributed by atoms with Gasteiger partial charge < -0.3 is 20.1 Å². The van der Waals surface area contributed by atoms with Crippen molar-refractivity contribution >= 4 is 11.6 Å². The molecule has 0 radical (unpaired) electrons. The number of hydrogen-bond acceptors (Lipinski definition) is 4. The van der Waals surface area contributed by atoms with Gasteiger partial charge in [0.2, 0.25) is 5.91 Å². The summed E-state index contributed by atoms with van der Waals surface area (Å²) >= 11 is 0. The monoisotopic (exact) mass is 384 g/mol. The zero-order valence-corrected chi connectivity index (χ0v) is 17.4. The predicted molar refractivity (Wildman–Crippen MR) is 114 cm³/mol. The molecule has 1 saturated heterocycles. The fourth-order valence-electron chi connectivity index (χ4n) is 3.35. The standard InChI is InChI=1S/C13H19NO.C10H13NO2/c1-3-15-12-6-7-13(11(2)10-12)14-8-4-5-9-14;1-7(11-8(2)12)9-3-5-10(13)6-4-9/h6-7,10H,3-5,8-9H2,1-2H3;3-7,13H,1-2H3,(H,11,12). The van der Waals surface area contributed by atoms with Crippen LogP contribution in [-0.4, -0.2) is 30.7 Å². The van der Waals surface area contributed by atoms with Gasteiger partial charge in [0.25, 0.3) is 0 Å². The molecule has 1 aliphatic heterocycles. The highest BCUT2D eigenvalue weighted by atomic mass is 16.5. The third-order valence-electron chi connectivity index (χ3n) is 4.74.